The molecule has 4 heterocycles. The summed E-state index contributed by atoms with van der Waals surface area (Å²) >= 11 is 0. The summed E-state index contributed by atoms with van der Waals surface area (Å²) in [5.41, 5.74) is -4.74. The van der Waals surface area contributed by atoms with Crippen LogP contribution >= 0.6 is 0 Å². The zero-order chi connectivity index (χ0) is 28.8. The first-order valence-corrected chi connectivity index (χ1v) is 13.1. The van der Waals surface area contributed by atoms with Crippen molar-refractivity contribution in [1.82, 2.24) is 15.0 Å². The molecule has 0 saturated heterocycles. The average Bonchev–Trinajstić information content (AvgIpc) is 2.76. The van der Waals surface area contributed by atoms with E-state index in [1.165, 1.54) is 0 Å². The van der Waals surface area contributed by atoms with Gasteiger partial charge in [0.2, 0.25) is 0 Å². The van der Waals surface area contributed by atoms with Crippen molar-refractivity contribution in [2.75, 3.05) is 0 Å². The molecular weight excluding hydrogens is 632 g/mol. The van der Waals surface area contributed by atoms with Gasteiger partial charge in [0.05, 0.1) is 0 Å². The summed E-state index contributed by atoms with van der Waals surface area (Å²) in [6, 6.07) is 18.7. The number of alkyl halides is 6. The molecule has 0 amide bonds. The van der Waals surface area contributed by atoms with Crippen LogP contribution in [-0.2, 0) is 63.0 Å². The van der Waals surface area contributed by atoms with Gasteiger partial charge < -0.3 is 9.11 Å². The van der Waals surface area contributed by atoms with Crippen LogP contribution in [0.4, 0.5) is 26.3 Å². The van der Waals surface area contributed by atoms with Gasteiger partial charge in [-0.05, 0) is 49.2 Å². The Morgan fingerprint density at radius 1 is 0.538 bits per heavy atom. The molecule has 1 aliphatic rings. The molecule has 39 heavy (non-hydrogen) atoms. The summed E-state index contributed by atoms with van der Waals surface area (Å²) in [5.74, 6) is 0. The van der Waals surface area contributed by atoms with Crippen molar-refractivity contribution in [3.8, 4) is 0 Å². The van der Waals surface area contributed by atoms with E-state index in [-0.39, 0.29) is 17.1 Å². The molecule has 18 heteroatoms. The molecule has 0 spiro atoms. The standard InChI is InChI=1S/C19H17N3.2CHF3O3S.Cu/c1-4-14-10-11-15-5-2-7-17(21-15)13-19-9-3-8-18(22-19)12-16(6-1)20-14;2*2-1(3,4)8(5,6)7;/h1-9H,10-13H2;2*(H,5,6,7);/q;;;+2/p-2. The van der Waals surface area contributed by atoms with Crippen molar-refractivity contribution in [3.05, 3.63) is 88.8 Å². The Morgan fingerprint density at radius 2 is 0.744 bits per heavy atom. The van der Waals surface area contributed by atoms with Gasteiger partial charge in [-0.1, -0.05) is 18.2 Å². The van der Waals surface area contributed by atoms with E-state index >= 15 is 0 Å². The van der Waals surface area contributed by atoms with Gasteiger partial charge in [-0.3, -0.25) is 15.0 Å². The molecule has 0 aromatic carbocycles. The maximum absolute atomic E-state index is 10.7. The van der Waals surface area contributed by atoms with Gasteiger partial charge in [0, 0.05) is 47.0 Å². The monoisotopic (exact) mass is 648 g/mol. The molecule has 0 unspecified atom stereocenters. The number of halogens is 6. The van der Waals surface area contributed by atoms with Gasteiger partial charge in [-0.2, -0.15) is 26.3 Å². The van der Waals surface area contributed by atoms with Gasteiger partial charge in [-0.25, -0.2) is 16.8 Å². The topological polar surface area (TPSA) is 153 Å². The normalized spacial score (nSPS) is 13.4. The summed E-state index contributed by atoms with van der Waals surface area (Å²) in [5, 5.41) is 0. The zero-order valence-corrected chi connectivity index (χ0v) is 21.8. The number of pyridine rings is 3. The summed E-state index contributed by atoms with van der Waals surface area (Å²) < 4.78 is 118. The molecule has 3 aromatic heterocycles. The number of aromatic nitrogens is 3. The summed E-state index contributed by atoms with van der Waals surface area (Å²) in [6.07, 6.45) is 3.42. The van der Waals surface area contributed by atoms with E-state index in [1.807, 2.05) is 0 Å². The number of fused-ring (bicyclic) bond motifs is 6. The second-order valence-corrected chi connectivity index (χ2v) is 10.3. The first-order valence-electron chi connectivity index (χ1n) is 10.2. The second kappa shape index (κ2) is 13.6. The van der Waals surface area contributed by atoms with E-state index in [0.717, 1.165) is 59.8 Å². The quantitative estimate of drug-likeness (QED) is 0.155. The van der Waals surface area contributed by atoms with Gasteiger partial charge in [0.15, 0.2) is 20.2 Å². The van der Waals surface area contributed by atoms with E-state index in [2.05, 4.69) is 54.6 Å². The van der Waals surface area contributed by atoms with Crippen LogP contribution in [0, 0.1) is 0 Å². The number of hydrogen-bond acceptors (Lipinski definition) is 9. The van der Waals surface area contributed by atoms with Crippen molar-refractivity contribution < 1.29 is 69.4 Å². The molecule has 9 nitrogen and oxygen atoms in total. The van der Waals surface area contributed by atoms with Crippen LogP contribution < -0.4 is 0 Å². The van der Waals surface area contributed by atoms with Crippen LogP contribution in [0.15, 0.2) is 54.6 Å². The molecule has 0 atom stereocenters. The molecule has 3 aromatic rings. The van der Waals surface area contributed by atoms with E-state index in [4.69, 9.17) is 40.9 Å². The van der Waals surface area contributed by atoms with E-state index in [1.54, 1.807) is 0 Å². The number of rotatable bonds is 0. The van der Waals surface area contributed by atoms with Crippen LogP contribution in [0.3, 0.4) is 0 Å². The van der Waals surface area contributed by atoms with Gasteiger partial charge in [0.25, 0.3) is 0 Å². The fraction of sp³-hybridized carbons (Fsp3) is 0.286. The maximum atomic E-state index is 10.7. The Hall–Kier alpha value is -2.63. The van der Waals surface area contributed by atoms with Crippen molar-refractivity contribution in [1.29, 1.82) is 0 Å². The predicted octanol–water partition coefficient (Wildman–Crippen LogP) is 3.25. The molecule has 6 bridgehead atoms. The number of aryl methyl sites for hydroxylation is 2. The molecule has 0 aliphatic carbocycles. The van der Waals surface area contributed by atoms with E-state index < -0.39 is 31.3 Å². The van der Waals surface area contributed by atoms with Gasteiger partial charge in [0.1, 0.15) is 0 Å². The Labute approximate surface area is 229 Å². The van der Waals surface area contributed by atoms with Crippen LogP contribution in [0.2, 0.25) is 0 Å². The molecular formula is C21H17CuF6N3O6S2. The number of hydrogen-bond donors (Lipinski definition) is 0. The second-order valence-electron chi connectivity index (χ2n) is 7.51. The summed E-state index contributed by atoms with van der Waals surface area (Å²) in [7, 11) is -12.2. The molecule has 0 fully saturated rings. The third-order valence-electron chi connectivity index (χ3n) is 4.52. The van der Waals surface area contributed by atoms with Gasteiger partial charge >= 0.3 is 28.1 Å². The summed E-state index contributed by atoms with van der Waals surface area (Å²) in [6.45, 7) is 0. The van der Waals surface area contributed by atoms with Crippen molar-refractivity contribution in [2.45, 2.75) is 36.7 Å². The fourth-order valence-electron chi connectivity index (χ4n) is 2.89. The average molecular weight is 649 g/mol. The molecule has 217 valence electrons. The smallest absolute Gasteiger partial charge is 0.741 e. The summed E-state index contributed by atoms with van der Waals surface area (Å²) in [4.78, 5) is 14.3. The van der Waals surface area contributed by atoms with E-state index in [0.29, 0.717) is 0 Å². The van der Waals surface area contributed by atoms with Crippen LogP contribution in [0.5, 0.6) is 0 Å². The SMILES string of the molecule is O=S(=O)([O-])C(F)(F)F.O=S(=O)([O-])C(F)(F)F.[Cu+2].c1cc2nc(c1)Cc1cccc(n1)Cc1cccc(n1)CC2. The Morgan fingerprint density at radius 3 is 0.974 bits per heavy atom. The molecule has 0 N–H and O–H groups in total. The Bertz CT molecular complexity index is 1360. The van der Waals surface area contributed by atoms with Crippen molar-refractivity contribution in [3.63, 3.8) is 0 Å². The molecule has 0 saturated carbocycles. The van der Waals surface area contributed by atoms with Crippen LogP contribution in [0.25, 0.3) is 0 Å². The van der Waals surface area contributed by atoms with Crippen molar-refractivity contribution in [2.24, 2.45) is 0 Å². The van der Waals surface area contributed by atoms with E-state index in [9.17, 15) is 26.3 Å². The third kappa shape index (κ3) is 11.6. The van der Waals surface area contributed by atoms with Crippen molar-refractivity contribution >= 4 is 20.2 Å². The Kier molecular flexibility index (Phi) is 12.0. The first kappa shape index (κ1) is 34.4. The number of nitrogens with zero attached hydrogens (tertiary/aromatic N) is 3. The van der Waals surface area contributed by atoms with Crippen LogP contribution in [0.1, 0.15) is 34.2 Å². The molecule has 1 aliphatic heterocycles. The third-order valence-corrected chi connectivity index (χ3v) is 5.66. The zero-order valence-electron chi connectivity index (χ0n) is 19.2. The minimum Gasteiger partial charge on any atom is -0.741 e. The largest absolute Gasteiger partial charge is 2.00 e. The molecule has 4 rings (SSSR count). The first-order chi connectivity index (χ1) is 17.3. The molecule has 1 radical (unpaired) electrons. The minimum atomic E-state index is -6.09. The minimum absolute atomic E-state index is 0. The van der Waals surface area contributed by atoms with Crippen LogP contribution in [-0.4, -0.2) is 51.9 Å². The van der Waals surface area contributed by atoms with Gasteiger partial charge in [-0.15, -0.1) is 0 Å². The predicted molar refractivity (Wildman–Crippen MR) is 117 cm³/mol. The Balaban J connectivity index is 0.000000375. The maximum Gasteiger partial charge on any atom is 2.00 e. The fourth-order valence-corrected chi connectivity index (χ4v) is 2.89.